The predicted octanol–water partition coefficient (Wildman–Crippen LogP) is 4.42. The highest BCUT2D eigenvalue weighted by atomic mass is 35.5. The molecular formula is C29H35ClN4O3. The van der Waals surface area contributed by atoms with Gasteiger partial charge in [-0.2, -0.15) is 0 Å². The minimum absolute atomic E-state index is 0.0271. The third-order valence-corrected chi connectivity index (χ3v) is 9.02. The second-order valence-electron chi connectivity index (χ2n) is 11.4. The maximum Gasteiger partial charge on any atom is 0.251 e. The lowest BCUT2D eigenvalue weighted by Crippen LogP contribution is -2.50. The maximum absolute atomic E-state index is 13.7. The van der Waals surface area contributed by atoms with E-state index < -0.39 is 0 Å². The van der Waals surface area contributed by atoms with E-state index in [1.54, 1.807) is 0 Å². The Morgan fingerprint density at radius 1 is 1.03 bits per heavy atom. The standard InChI is InChI=1S/C29H35ClN4O3/c30-25-16-21(19-2-4-20(5-3-19)27(36)32-22-6-7-22)17-31-26(25)33-14-1-12-29(18-33)13-15-34(28(29)37)23-8-10-24(35)11-9-23/h2-5,16-17,22-24,35H,1,6-15,18H2,(H,32,36)/t23?,24?,29-/m1/s1. The zero-order valence-corrected chi connectivity index (χ0v) is 21.9. The van der Waals surface area contributed by atoms with E-state index in [9.17, 15) is 14.7 Å². The summed E-state index contributed by atoms with van der Waals surface area (Å²) in [6, 6.07) is 10.1. The largest absolute Gasteiger partial charge is 0.393 e. The zero-order valence-electron chi connectivity index (χ0n) is 21.2. The molecule has 0 radical (unpaired) electrons. The first-order valence-electron chi connectivity index (χ1n) is 13.7. The topological polar surface area (TPSA) is 85.8 Å². The van der Waals surface area contributed by atoms with Gasteiger partial charge < -0.3 is 20.2 Å². The number of benzene rings is 1. The summed E-state index contributed by atoms with van der Waals surface area (Å²) in [5.41, 5.74) is 2.15. The van der Waals surface area contributed by atoms with Crippen molar-refractivity contribution in [2.24, 2.45) is 5.41 Å². The normalized spacial score (nSPS) is 28.1. The highest BCUT2D eigenvalue weighted by Crippen LogP contribution is 2.44. The van der Waals surface area contributed by atoms with Gasteiger partial charge in [0, 0.05) is 49.0 Å². The van der Waals surface area contributed by atoms with E-state index in [0.717, 1.165) is 87.8 Å². The van der Waals surface area contributed by atoms with Gasteiger partial charge in [-0.15, -0.1) is 0 Å². The summed E-state index contributed by atoms with van der Waals surface area (Å²) < 4.78 is 0. The van der Waals surface area contributed by atoms with Crippen LogP contribution < -0.4 is 10.2 Å². The molecule has 2 amide bonds. The monoisotopic (exact) mass is 522 g/mol. The van der Waals surface area contributed by atoms with Crippen LogP contribution in [0.3, 0.4) is 0 Å². The molecule has 37 heavy (non-hydrogen) atoms. The molecule has 4 fully saturated rings. The minimum Gasteiger partial charge on any atom is -0.393 e. The van der Waals surface area contributed by atoms with Gasteiger partial charge >= 0.3 is 0 Å². The summed E-state index contributed by atoms with van der Waals surface area (Å²) in [5, 5.41) is 13.5. The van der Waals surface area contributed by atoms with Gasteiger partial charge in [0.15, 0.2) is 0 Å². The molecule has 3 heterocycles. The number of pyridine rings is 1. The molecule has 1 aromatic heterocycles. The van der Waals surface area contributed by atoms with Crippen molar-refractivity contribution in [3.8, 4) is 11.1 Å². The number of rotatable bonds is 5. The lowest BCUT2D eigenvalue weighted by atomic mass is 9.78. The Hall–Kier alpha value is -2.64. The summed E-state index contributed by atoms with van der Waals surface area (Å²) in [6.07, 6.45) is 9.84. The molecular weight excluding hydrogens is 488 g/mol. The SMILES string of the molecule is O=C(NC1CC1)c1ccc(-c2cnc(N3CCC[C@@]4(CCN(C5CCC(O)CC5)C4=O)C3)c(Cl)c2)cc1. The van der Waals surface area contributed by atoms with Crippen LogP contribution in [0.2, 0.25) is 5.02 Å². The van der Waals surface area contributed by atoms with Gasteiger partial charge in [-0.25, -0.2) is 4.98 Å². The van der Waals surface area contributed by atoms with Crippen molar-refractivity contribution >= 4 is 29.2 Å². The molecule has 196 valence electrons. The number of piperidine rings is 1. The number of hydrogen-bond acceptors (Lipinski definition) is 5. The highest BCUT2D eigenvalue weighted by molar-refractivity contribution is 6.33. The molecule has 0 unspecified atom stereocenters. The Morgan fingerprint density at radius 2 is 1.78 bits per heavy atom. The fourth-order valence-electron chi connectivity index (χ4n) is 6.39. The van der Waals surface area contributed by atoms with Gasteiger partial charge in [0.05, 0.1) is 16.5 Å². The molecule has 7 nitrogen and oxygen atoms in total. The fraction of sp³-hybridized carbons (Fsp3) is 0.552. The first-order valence-corrected chi connectivity index (χ1v) is 14.1. The van der Waals surface area contributed by atoms with Crippen LogP contribution in [-0.4, -0.2) is 64.6 Å². The van der Waals surface area contributed by atoms with E-state index in [4.69, 9.17) is 16.6 Å². The molecule has 1 spiro atoms. The number of carbonyl (C=O) groups is 2. The zero-order chi connectivity index (χ0) is 25.6. The van der Waals surface area contributed by atoms with Gasteiger partial charge in [0.25, 0.3) is 5.91 Å². The fourth-order valence-corrected chi connectivity index (χ4v) is 6.67. The van der Waals surface area contributed by atoms with Crippen LogP contribution in [0, 0.1) is 5.41 Å². The van der Waals surface area contributed by atoms with Gasteiger partial charge in [0.1, 0.15) is 5.82 Å². The smallest absolute Gasteiger partial charge is 0.251 e. The highest BCUT2D eigenvalue weighted by Gasteiger charge is 2.51. The van der Waals surface area contributed by atoms with Crippen LogP contribution in [0.15, 0.2) is 36.5 Å². The third kappa shape index (κ3) is 4.96. The molecule has 4 aliphatic rings. The van der Waals surface area contributed by atoms with E-state index in [2.05, 4.69) is 15.1 Å². The number of likely N-dealkylation sites (tertiary alicyclic amines) is 1. The lowest BCUT2D eigenvalue weighted by molar-refractivity contribution is -0.139. The minimum atomic E-state index is -0.366. The van der Waals surface area contributed by atoms with Crippen molar-refractivity contribution in [1.29, 1.82) is 0 Å². The Balaban J connectivity index is 1.15. The van der Waals surface area contributed by atoms with Gasteiger partial charge in [-0.3, -0.25) is 9.59 Å². The average Bonchev–Trinajstić information content (AvgIpc) is 3.68. The molecule has 6 rings (SSSR count). The maximum atomic E-state index is 13.7. The number of nitrogens with zero attached hydrogens (tertiary/aromatic N) is 3. The van der Waals surface area contributed by atoms with Gasteiger partial charge in [0.2, 0.25) is 5.91 Å². The van der Waals surface area contributed by atoms with Gasteiger partial charge in [-0.1, -0.05) is 23.7 Å². The summed E-state index contributed by atoms with van der Waals surface area (Å²) in [5.74, 6) is 0.981. The van der Waals surface area contributed by atoms with Crippen molar-refractivity contribution in [1.82, 2.24) is 15.2 Å². The third-order valence-electron chi connectivity index (χ3n) is 8.74. The number of hydrogen-bond donors (Lipinski definition) is 2. The number of carbonyl (C=O) groups excluding carboxylic acids is 2. The van der Waals surface area contributed by atoms with Crippen molar-refractivity contribution < 1.29 is 14.7 Å². The summed E-state index contributed by atoms with van der Waals surface area (Å²) in [6.45, 7) is 2.29. The Kier molecular flexibility index (Phi) is 6.61. The molecule has 1 aromatic carbocycles. The molecule has 2 aliphatic carbocycles. The van der Waals surface area contributed by atoms with E-state index in [0.29, 0.717) is 23.2 Å². The number of amides is 2. The summed E-state index contributed by atoms with van der Waals surface area (Å²) in [7, 11) is 0. The van der Waals surface area contributed by atoms with E-state index in [1.807, 2.05) is 36.5 Å². The molecule has 0 bridgehead atoms. The number of nitrogens with one attached hydrogen (secondary N) is 1. The molecule has 1 atom stereocenters. The second kappa shape index (κ2) is 9.91. The van der Waals surface area contributed by atoms with Crippen LogP contribution in [-0.2, 0) is 4.79 Å². The number of anilines is 1. The van der Waals surface area contributed by atoms with E-state index >= 15 is 0 Å². The Bertz CT molecular complexity index is 1180. The molecule has 2 saturated carbocycles. The summed E-state index contributed by atoms with van der Waals surface area (Å²) in [4.78, 5) is 35.0. The van der Waals surface area contributed by atoms with Crippen molar-refractivity contribution in [2.75, 3.05) is 24.5 Å². The molecule has 2 saturated heterocycles. The lowest BCUT2D eigenvalue weighted by Gasteiger charge is -2.41. The molecule has 2 aliphatic heterocycles. The summed E-state index contributed by atoms with van der Waals surface area (Å²) >= 11 is 6.77. The van der Waals surface area contributed by atoms with Crippen LogP contribution in [0.4, 0.5) is 5.82 Å². The Labute approximate surface area is 223 Å². The number of aliphatic hydroxyl groups excluding tert-OH is 1. The first kappa shape index (κ1) is 24.7. The quantitative estimate of drug-likeness (QED) is 0.607. The number of halogens is 1. The number of aromatic nitrogens is 1. The molecule has 8 heteroatoms. The Morgan fingerprint density at radius 3 is 2.49 bits per heavy atom. The molecule has 2 N–H and O–H groups in total. The van der Waals surface area contributed by atoms with Crippen LogP contribution in [0.25, 0.3) is 11.1 Å². The van der Waals surface area contributed by atoms with Crippen molar-refractivity contribution in [3.63, 3.8) is 0 Å². The van der Waals surface area contributed by atoms with Crippen molar-refractivity contribution in [3.05, 3.63) is 47.1 Å². The number of aliphatic hydroxyl groups is 1. The predicted molar refractivity (Wildman–Crippen MR) is 144 cm³/mol. The van der Waals surface area contributed by atoms with Crippen LogP contribution in [0.1, 0.15) is 68.1 Å². The van der Waals surface area contributed by atoms with E-state index in [1.165, 1.54) is 0 Å². The van der Waals surface area contributed by atoms with Crippen molar-refractivity contribution in [2.45, 2.75) is 76.0 Å². The van der Waals surface area contributed by atoms with Crippen LogP contribution in [0.5, 0.6) is 0 Å². The second-order valence-corrected chi connectivity index (χ2v) is 11.8. The molecule has 2 aromatic rings. The average molecular weight is 523 g/mol. The van der Waals surface area contributed by atoms with Gasteiger partial charge in [-0.05, 0) is 81.5 Å². The van der Waals surface area contributed by atoms with E-state index in [-0.39, 0.29) is 29.4 Å². The van der Waals surface area contributed by atoms with Crippen LogP contribution >= 0.6 is 11.6 Å². The first-order chi connectivity index (χ1) is 17.9.